The van der Waals surface area contributed by atoms with Gasteiger partial charge in [0, 0.05) is 38.0 Å². The zero-order valence-corrected chi connectivity index (χ0v) is 11.5. The van der Waals surface area contributed by atoms with Crippen LogP contribution >= 0.6 is 0 Å². The molecule has 5 nitrogen and oxygen atoms in total. The van der Waals surface area contributed by atoms with Gasteiger partial charge in [-0.05, 0) is 19.8 Å². The highest BCUT2D eigenvalue weighted by molar-refractivity contribution is 5.84. The highest BCUT2D eigenvalue weighted by Gasteiger charge is 2.44. The van der Waals surface area contributed by atoms with E-state index in [1.54, 1.807) is 0 Å². The number of nitrogens with zero attached hydrogens (tertiary/aromatic N) is 2. The van der Waals surface area contributed by atoms with Gasteiger partial charge in [0.05, 0.1) is 19.3 Å². The fraction of sp³-hybridized carbons (Fsp3) is 0.857. The van der Waals surface area contributed by atoms with Gasteiger partial charge in [-0.25, -0.2) is 0 Å². The average Bonchev–Trinajstić information content (AvgIpc) is 2.70. The van der Waals surface area contributed by atoms with Crippen LogP contribution in [0.25, 0.3) is 0 Å². The van der Waals surface area contributed by atoms with Crippen LogP contribution in [0.3, 0.4) is 0 Å². The number of ether oxygens (including phenoxy) is 1. The maximum Gasteiger partial charge on any atom is 0.239 e. The molecule has 3 unspecified atom stereocenters. The summed E-state index contributed by atoms with van der Waals surface area (Å²) in [4.78, 5) is 28.4. The number of ketones is 1. The van der Waals surface area contributed by atoms with Crippen LogP contribution in [0.5, 0.6) is 0 Å². The van der Waals surface area contributed by atoms with Crippen molar-refractivity contribution in [2.75, 3.05) is 26.3 Å². The van der Waals surface area contributed by atoms with Crippen molar-refractivity contribution in [1.29, 1.82) is 0 Å². The highest BCUT2D eigenvalue weighted by Crippen LogP contribution is 2.35. The van der Waals surface area contributed by atoms with Gasteiger partial charge in [0.25, 0.3) is 0 Å². The molecule has 5 heteroatoms. The van der Waals surface area contributed by atoms with E-state index < -0.39 is 0 Å². The summed E-state index contributed by atoms with van der Waals surface area (Å²) in [5.74, 6) is 0.573. The first-order valence-electron chi connectivity index (χ1n) is 7.32. The van der Waals surface area contributed by atoms with E-state index in [2.05, 4.69) is 4.90 Å². The smallest absolute Gasteiger partial charge is 0.239 e. The monoisotopic (exact) mass is 266 g/mol. The Morgan fingerprint density at radius 1 is 1.21 bits per heavy atom. The fourth-order valence-electron chi connectivity index (χ4n) is 3.81. The van der Waals surface area contributed by atoms with Crippen molar-refractivity contribution in [3.8, 4) is 0 Å². The van der Waals surface area contributed by atoms with Gasteiger partial charge in [-0.1, -0.05) is 0 Å². The van der Waals surface area contributed by atoms with E-state index in [0.29, 0.717) is 57.0 Å². The lowest BCUT2D eigenvalue weighted by Gasteiger charge is -2.40. The maximum atomic E-state index is 12.5. The number of carbonyl (C=O) groups excluding carboxylic acids is 2. The first-order chi connectivity index (χ1) is 9.16. The lowest BCUT2D eigenvalue weighted by Crippen LogP contribution is -2.56. The molecular weight excluding hydrogens is 244 g/mol. The van der Waals surface area contributed by atoms with E-state index in [4.69, 9.17) is 4.74 Å². The Bertz CT molecular complexity index is 363. The van der Waals surface area contributed by atoms with Crippen molar-refractivity contribution in [2.45, 2.75) is 50.7 Å². The molecule has 3 rings (SSSR count). The number of fused-ring (bicyclic) bond motifs is 2. The number of amides is 1. The van der Waals surface area contributed by atoms with Gasteiger partial charge in [0.2, 0.25) is 5.91 Å². The lowest BCUT2D eigenvalue weighted by atomic mass is 9.99. The van der Waals surface area contributed by atoms with Crippen LogP contribution in [0.15, 0.2) is 0 Å². The Hall–Kier alpha value is -0.940. The summed E-state index contributed by atoms with van der Waals surface area (Å²) in [5, 5.41) is 0. The molecule has 0 radical (unpaired) electrons. The predicted molar refractivity (Wildman–Crippen MR) is 69.8 cm³/mol. The van der Waals surface area contributed by atoms with Crippen LogP contribution in [0, 0.1) is 0 Å². The molecule has 0 aromatic heterocycles. The van der Waals surface area contributed by atoms with Crippen LogP contribution in [-0.2, 0) is 14.3 Å². The Balaban J connectivity index is 1.68. The highest BCUT2D eigenvalue weighted by atomic mass is 16.5. The minimum absolute atomic E-state index is 0.0938. The third-order valence-electron chi connectivity index (χ3n) is 4.73. The summed E-state index contributed by atoms with van der Waals surface area (Å²) in [6.07, 6.45) is 3.41. The predicted octanol–water partition coefficient (Wildman–Crippen LogP) is 0.430. The van der Waals surface area contributed by atoms with E-state index in [-0.39, 0.29) is 11.9 Å². The second-order valence-corrected chi connectivity index (χ2v) is 5.89. The Kier molecular flexibility index (Phi) is 3.58. The minimum atomic E-state index is -0.0938. The minimum Gasteiger partial charge on any atom is -0.378 e. The summed E-state index contributed by atoms with van der Waals surface area (Å²) in [7, 11) is 0. The molecule has 0 saturated carbocycles. The van der Waals surface area contributed by atoms with Gasteiger partial charge in [0.15, 0.2) is 0 Å². The molecule has 3 fully saturated rings. The molecule has 3 atom stereocenters. The standard InChI is InChI=1S/C14H22N2O3/c1-10(14(18)15-4-6-19-7-5-15)16-11-2-3-12(16)9-13(17)8-11/h10-12H,2-9H2,1H3. The van der Waals surface area contributed by atoms with Gasteiger partial charge >= 0.3 is 0 Å². The Labute approximate surface area is 113 Å². The van der Waals surface area contributed by atoms with E-state index in [1.165, 1.54) is 0 Å². The molecule has 0 spiro atoms. The van der Waals surface area contributed by atoms with Gasteiger partial charge in [-0.15, -0.1) is 0 Å². The van der Waals surface area contributed by atoms with Crippen molar-refractivity contribution in [3.05, 3.63) is 0 Å². The summed E-state index contributed by atoms with van der Waals surface area (Å²) in [5.41, 5.74) is 0. The fourth-order valence-corrected chi connectivity index (χ4v) is 3.81. The Morgan fingerprint density at radius 2 is 1.79 bits per heavy atom. The molecule has 1 amide bonds. The van der Waals surface area contributed by atoms with Crippen LogP contribution < -0.4 is 0 Å². The summed E-state index contributed by atoms with van der Waals surface area (Å²) < 4.78 is 5.29. The van der Waals surface area contributed by atoms with Crippen LogP contribution in [0.2, 0.25) is 0 Å². The summed E-state index contributed by atoms with van der Waals surface area (Å²) >= 11 is 0. The van der Waals surface area contributed by atoms with E-state index >= 15 is 0 Å². The molecule has 3 aliphatic rings. The molecule has 3 saturated heterocycles. The molecule has 3 heterocycles. The third-order valence-corrected chi connectivity index (χ3v) is 4.73. The SMILES string of the molecule is CC(C(=O)N1CCOCC1)N1C2CCC1CC(=O)C2. The normalized spacial score (nSPS) is 33.5. The van der Waals surface area contributed by atoms with Crippen LogP contribution in [0.4, 0.5) is 0 Å². The molecular formula is C14H22N2O3. The van der Waals surface area contributed by atoms with Gasteiger partial charge < -0.3 is 9.64 Å². The number of morpholine rings is 1. The molecule has 19 heavy (non-hydrogen) atoms. The van der Waals surface area contributed by atoms with E-state index in [9.17, 15) is 9.59 Å². The van der Waals surface area contributed by atoms with Crippen LogP contribution in [0.1, 0.15) is 32.6 Å². The molecule has 3 aliphatic heterocycles. The zero-order chi connectivity index (χ0) is 13.4. The second-order valence-electron chi connectivity index (χ2n) is 5.89. The van der Waals surface area contributed by atoms with Crippen LogP contribution in [-0.4, -0.2) is 65.9 Å². The Morgan fingerprint density at radius 3 is 2.37 bits per heavy atom. The van der Waals surface area contributed by atoms with Crippen molar-refractivity contribution in [1.82, 2.24) is 9.80 Å². The number of Topliss-reactive ketones (excluding diaryl/α,β-unsaturated/α-hetero) is 1. The number of rotatable bonds is 2. The molecule has 0 N–H and O–H groups in total. The van der Waals surface area contributed by atoms with Gasteiger partial charge in [0.1, 0.15) is 5.78 Å². The van der Waals surface area contributed by atoms with Gasteiger partial charge in [-0.3, -0.25) is 14.5 Å². The second kappa shape index (κ2) is 5.21. The maximum absolute atomic E-state index is 12.5. The molecule has 0 aromatic rings. The van der Waals surface area contributed by atoms with Crippen molar-refractivity contribution in [3.63, 3.8) is 0 Å². The van der Waals surface area contributed by atoms with E-state index in [0.717, 1.165) is 12.8 Å². The molecule has 0 aromatic carbocycles. The van der Waals surface area contributed by atoms with Crippen molar-refractivity contribution < 1.29 is 14.3 Å². The van der Waals surface area contributed by atoms with Gasteiger partial charge in [-0.2, -0.15) is 0 Å². The third kappa shape index (κ3) is 2.41. The largest absolute Gasteiger partial charge is 0.378 e. The number of piperidine rings is 1. The number of hydrogen-bond donors (Lipinski definition) is 0. The summed E-state index contributed by atoms with van der Waals surface area (Å²) in [6.45, 7) is 4.68. The first-order valence-corrected chi connectivity index (χ1v) is 7.32. The molecule has 106 valence electrons. The molecule has 2 bridgehead atoms. The quantitative estimate of drug-likeness (QED) is 0.727. The topological polar surface area (TPSA) is 49.9 Å². The molecule has 0 aliphatic carbocycles. The van der Waals surface area contributed by atoms with E-state index in [1.807, 2.05) is 11.8 Å². The number of hydrogen-bond acceptors (Lipinski definition) is 4. The number of carbonyl (C=O) groups is 2. The van der Waals surface area contributed by atoms with Crippen molar-refractivity contribution >= 4 is 11.7 Å². The summed E-state index contributed by atoms with van der Waals surface area (Å²) in [6, 6.07) is 0.501. The first kappa shape index (κ1) is 13.1. The lowest BCUT2D eigenvalue weighted by molar-refractivity contribution is -0.144. The zero-order valence-electron chi connectivity index (χ0n) is 11.5. The average molecular weight is 266 g/mol. The van der Waals surface area contributed by atoms with Crippen molar-refractivity contribution in [2.24, 2.45) is 0 Å².